The van der Waals surface area contributed by atoms with Crippen molar-refractivity contribution in [1.29, 1.82) is 0 Å². The molecule has 0 radical (unpaired) electrons. The quantitative estimate of drug-likeness (QED) is 0.937. The Morgan fingerprint density at radius 1 is 1.35 bits per heavy atom. The first kappa shape index (κ1) is 15.7. The number of nitrogens with one attached hydrogen (secondary N) is 1. The maximum atomic E-state index is 13.1. The molecule has 1 aromatic heterocycles. The van der Waals surface area contributed by atoms with Crippen LogP contribution in [0.15, 0.2) is 29.3 Å². The second-order valence-corrected chi connectivity index (χ2v) is 5.89. The summed E-state index contributed by atoms with van der Waals surface area (Å²) in [5.41, 5.74) is 1.75. The molecule has 2 aromatic rings. The van der Waals surface area contributed by atoms with Crippen LogP contribution >= 0.6 is 11.6 Å². The second kappa shape index (κ2) is 6.50. The van der Waals surface area contributed by atoms with Crippen molar-refractivity contribution in [3.8, 4) is 0 Å². The SMILES string of the molecule is O=C(Cn1cnc2c(c1=O)CCCC2)Nc1ccc(F)c(Cl)c1. The number of anilines is 1. The van der Waals surface area contributed by atoms with Gasteiger partial charge in [0.2, 0.25) is 5.91 Å². The van der Waals surface area contributed by atoms with Crippen molar-refractivity contribution in [3.63, 3.8) is 0 Å². The van der Waals surface area contributed by atoms with Crippen molar-refractivity contribution >= 4 is 23.2 Å². The van der Waals surface area contributed by atoms with E-state index < -0.39 is 11.7 Å². The van der Waals surface area contributed by atoms with E-state index in [1.807, 2.05) is 0 Å². The molecule has 1 heterocycles. The van der Waals surface area contributed by atoms with Gasteiger partial charge in [-0.25, -0.2) is 9.37 Å². The fraction of sp³-hybridized carbons (Fsp3) is 0.312. The van der Waals surface area contributed by atoms with Crippen molar-refractivity contribution in [3.05, 3.63) is 57.0 Å². The van der Waals surface area contributed by atoms with E-state index in [2.05, 4.69) is 10.3 Å². The summed E-state index contributed by atoms with van der Waals surface area (Å²) in [5.74, 6) is -0.952. The molecule has 1 aromatic carbocycles. The number of amides is 1. The first-order chi connectivity index (χ1) is 11.0. The van der Waals surface area contributed by atoms with Crippen LogP contribution in [0.5, 0.6) is 0 Å². The molecule has 0 aliphatic heterocycles. The van der Waals surface area contributed by atoms with Crippen LogP contribution in [0.2, 0.25) is 5.02 Å². The minimum Gasteiger partial charge on any atom is -0.324 e. The number of hydrogen-bond donors (Lipinski definition) is 1. The van der Waals surface area contributed by atoms with Crippen molar-refractivity contribution in [2.75, 3.05) is 5.32 Å². The number of carbonyl (C=O) groups is 1. The molecule has 0 bridgehead atoms. The molecular weight excluding hydrogens is 321 g/mol. The Hall–Kier alpha value is -2.21. The highest BCUT2D eigenvalue weighted by Gasteiger charge is 2.16. The molecule has 0 spiro atoms. The number of fused-ring (bicyclic) bond motifs is 1. The normalized spacial score (nSPS) is 13.5. The van der Waals surface area contributed by atoms with E-state index in [-0.39, 0.29) is 17.1 Å². The summed E-state index contributed by atoms with van der Waals surface area (Å²) in [5, 5.41) is 2.51. The molecule has 5 nitrogen and oxygen atoms in total. The third kappa shape index (κ3) is 3.42. The van der Waals surface area contributed by atoms with Crippen molar-refractivity contribution in [2.45, 2.75) is 32.2 Å². The minimum atomic E-state index is -0.556. The first-order valence-corrected chi connectivity index (χ1v) is 7.74. The average Bonchev–Trinajstić information content (AvgIpc) is 2.54. The van der Waals surface area contributed by atoms with E-state index in [0.717, 1.165) is 25.0 Å². The maximum absolute atomic E-state index is 13.1. The Morgan fingerprint density at radius 2 is 2.13 bits per heavy atom. The monoisotopic (exact) mass is 335 g/mol. The molecule has 23 heavy (non-hydrogen) atoms. The van der Waals surface area contributed by atoms with Crippen LogP contribution in [0.1, 0.15) is 24.1 Å². The van der Waals surface area contributed by atoms with Crippen LogP contribution in [0.4, 0.5) is 10.1 Å². The molecule has 1 aliphatic rings. The molecule has 0 saturated carbocycles. The largest absolute Gasteiger partial charge is 0.324 e. The van der Waals surface area contributed by atoms with E-state index in [1.165, 1.54) is 29.1 Å². The number of aromatic nitrogens is 2. The predicted molar refractivity (Wildman–Crippen MR) is 85.2 cm³/mol. The summed E-state index contributed by atoms with van der Waals surface area (Å²) >= 11 is 5.67. The predicted octanol–water partition coefficient (Wildman–Crippen LogP) is 2.55. The molecule has 1 aliphatic carbocycles. The van der Waals surface area contributed by atoms with Gasteiger partial charge in [-0.05, 0) is 43.9 Å². The zero-order valence-electron chi connectivity index (χ0n) is 12.3. The first-order valence-electron chi connectivity index (χ1n) is 7.36. The Morgan fingerprint density at radius 3 is 2.91 bits per heavy atom. The summed E-state index contributed by atoms with van der Waals surface area (Å²) in [6.45, 7) is -0.145. The number of benzene rings is 1. The van der Waals surface area contributed by atoms with E-state index in [4.69, 9.17) is 11.6 Å². The van der Waals surface area contributed by atoms with Crippen molar-refractivity contribution < 1.29 is 9.18 Å². The molecule has 120 valence electrons. The van der Waals surface area contributed by atoms with Crippen LogP contribution in [-0.2, 0) is 24.2 Å². The van der Waals surface area contributed by atoms with E-state index in [1.54, 1.807) is 0 Å². The lowest BCUT2D eigenvalue weighted by molar-refractivity contribution is -0.116. The van der Waals surface area contributed by atoms with Crippen LogP contribution in [0, 0.1) is 5.82 Å². The molecule has 0 saturated heterocycles. The standard InChI is InChI=1S/C16H15ClFN3O2/c17-12-7-10(5-6-13(12)18)20-15(22)8-21-9-19-14-4-2-1-3-11(14)16(21)23/h5-7,9H,1-4,8H2,(H,20,22). The van der Waals surface area contributed by atoms with E-state index in [9.17, 15) is 14.0 Å². The number of rotatable bonds is 3. The topological polar surface area (TPSA) is 64.0 Å². The average molecular weight is 336 g/mol. The fourth-order valence-electron chi connectivity index (χ4n) is 2.67. The Balaban J connectivity index is 1.75. The van der Waals surface area contributed by atoms with Gasteiger partial charge in [0.15, 0.2) is 0 Å². The highest BCUT2D eigenvalue weighted by atomic mass is 35.5. The van der Waals surface area contributed by atoms with Crippen LogP contribution in [0.3, 0.4) is 0 Å². The van der Waals surface area contributed by atoms with Crippen molar-refractivity contribution in [1.82, 2.24) is 9.55 Å². The van der Waals surface area contributed by atoms with Gasteiger partial charge in [-0.2, -0.15) is 0 Å². The van der Waals surface area contributed by atoms with Gasteiger partial charge in [-0.15, -0.1) is 0 Å². The Kier molecular flexibility index (Phi) is 4.43. The lowest BCUT2D eigenvalue weighted by Crippen LogP contribution is -2.32. The highest BCUT2D eigenvalue weighted by Crippen LogP contribution is 2.19. The molecule has 3 rings (SSSR count). The molecule has 1 N–H and O–H groups in total. The summed E-state index contributed by atoms with van der Waals surface area (Å²) in [6.07, 6.45) is 4.93. The van der Waals surface area contributed by atoms with Gasteiger partial charge >= 0.3 is 0 Å². The number of nitrogens with zero attached hydrogens (tertiary/aromatic N) is 2. The van der Waals surface area contributed by atoms with Crippen molar-refractivity contribution in [2.24, 2.45) is 0 Å². The zero-order valence-corrected chi connectivity index (χ0v) is 13.1. The third-order valence-electron chi connectivity index (χ3n) is 3.83. The third-order valence-corrected chi connectivity index (χ3v) is 4.12. The minimum absolute atomic E-state index is 0.0737. The fourth-order valence-corrected chi connectivity index (χ4v) is 2.85. The molecular formula is C16H15ClFN3O2. The second-order valence-electron chi connectivity index (χ2n) is 5.49. The molecule has 0 unspecified atom stereocenters. The number of hydrogen-bond acceptors (Lipinski definition) is 3. The lowest BCUT2D eigenvalue weighted by Gasteiger charge is -2.15. The number of aryl methyl sites for hydroxylation is 1. The molecule has 0 atom stereocenters. The summed E-state index contributed by atoms with van der Waals surface area (Å²) in [7, 11) is 0. The molecule has 7 heteroatoms. The summed E-state index contributed by atoms with van der Waals surface area (Å²) in [6, 6.07) is 3.90. The van der Waals surface area contributed by atoms with Gasteiger partial charge in [0, 0.05) is 11.3 Å². The molecule has 0 fully saturated rings. The smallest absolute Gasteiger partial charge is 0.257 e. The lowest BCUT2D eigenvalue weighted by atomic mass is 9.97. The Labute approximate surface area is 137 Å². The zero-order chi connectivity index (χ0) is 16.4. The van der Waals surface area contributed by atoms with Gasteiger partial charge in [-0.1, -0.05) is 11.6 Å². The van der Waals surface area contributed by atoms with E-state index in [0.29, 0.717) is 17.7 Å². The summed E-state index contributed by atoms with van der Waals surface area (Å²) in [4.78, 5) is 28.7. The maximum Gasteiger partial charge on any atom is 0.257 e. The van der Waals surface area contributed by atoms with Gasteiger partial charge in [-0.3, -0.25) is 14.2 Å². The highest BCUT2D eigenvalue weighted by molar-refractivity contribution is 6.31. The van der Waals surface area contributed by atoms with Gasteiger partial charge in [0.05, 0.1) is 17.0 Å². The van der Waals surface area contributed by atoms with Gasteiger partial charge in [0.25, 0.3) is 5.56 Å². The molecule has 1 amide bonds. The van der Waals surface area contributed by atoms with Crippen LogP contribution < -0.4 is 10.9 Å². The van der Waals surface area contributed by atoms with Crippen LogP contribution in [0.25, 0.3) is 0 Å². The number of halogens is 2. The van der Waals surface area contributed by atoms with Crippen LogP contribution in [-0.4, -0.2) is 15.5 Å². The number of carbonyl (C=O) groups excluding carboxylic acids is 1. The van der Waals surface area contributed by atoms with Gasteiger partial charge < -0.3 is 5.32 Å². The van der Waals surface area contributed by atoms with E-state index >= 15 is 0 Å². The van der Waals surface area contributed by atoms with Gasteiger partial charge in [0.1, 0.15) is 12.4 Å². The summed E-state index contributed by atoms with van der Waals surface area (Å²) < 4.78 is 14.4. The Bertz CT molecular complexity index is 819.